The zero-order chi connectivity index (χ0) is 19.5. The lowest BCUT2D eigenvalue weighted by molar-refractivity contribution is -0.113. The molecule has 3 N–H and O–H groups in total. The summed E-state index contributed by atoms with van der Waals surface area (Å²) in [4.78, 5) is 11.3. The summed E-state index contributed by atoms with van der Waals surface area (Å²) in [6.45, 7) is 1.58. The van der Waals surface area contributed by atoms with E-state index in [2.05, 4.69) is 0 Å². The summed E-state index contributed by atoms with van der Waals surface area (Å²) < 4.78 is 0. The van der Waals surface area contributed by atoms with Gasteiger partial charge in [-0.1, -0.05) is 89.9 Å². The molecule has 0 aliphatic carbocycles. The Morgan fingerprint density at radius 2 is 0.962 bits per heavy atom. The van der Waals surface area contributed by atoms with Crippen molar-refractivity contribution in [2.45, 2.75) is 129 Å². The second kappa shape index (κ2) is 19.0. The normalized spacial score (nSPS) is 11.2. The fourth-order valence-electron chi connectivity index (χ4n) is 3.27. The first-order chi connectivity index (χ1) is 12.5. The van der Waals surface area contributed by atoms with E-state index in [0.717, 1.165) is 25.7 Å². The number of carbonyl (C=O) groups is 1. The molecule has 0 aliphatic rings. The lowest BCUT2D eigenvalue weighted by Gasteiger charge is -2.04. The minimum absolute atomic E-state index is 0.00605. The number of rotatable bonds is 20. The lowest BCUT2D eigenvalue weighted by Crippen LogP contribution is -2.07. The van der Waals surface area contributed by atoms with Crippen LogP contribution in [-0.2, 0) is 4.79 Å². The van der Waals surface area contributed by atoms with Crippen molar-refractivity contribution in [3.05, 3.63) is 0 Å². The number of nitrogens with one attached hydrogen (secondary N) is 1. The van der Waals surface area contributed by atoms with Crippen molar-refractivity contribution in [3.63, 3.8) is 0 Å². The van der Waals surface area contributed by atoms with Crippen LogP contribution in [0.4, 0.5) is 0 Å². The largest absolute Gasteiger partial charge is 0.368 e. The Hall–Kier alpha value is -0.740. The minimum Gasteiger partial charge on any atom is -0.368 e. The average molecular weight is 370 g/mol. The standard InChI is InChI=1S/C22H43NO3/c1-20(23)21(24)18-16-14-12-10-8-6-4-2-3-5-7-9-11-13-15-17-19-22(25)26/h22-23,25-26H,2-19H2,1H3. The molecule has 0 rings (SSSR count). The highest BCUT2D eigenvalue weighted by Crippen LogP contribution is 2.14. The van der Waals surface area contributed by atoms with Gasteiger partial charge in [-0.3, -0.25) is 4.79 Å². The lowest BCUT2D eigenvalue weighted by atomic mass is 10.0. The Bertz CT molecular complexity index is 342. The summed E-state index contributed by atoms with van der Waals surface area (Å²) >= 11 is 0. The molecular weight excluding hydrogens is 326 g/mol. The van der Waals surface area contributed by atoms with Crippen LogP contribution in [0, 0.1) is 5.41 Å². The third-order valence-electron chi connectivity index (χ3n) is 5.03. The summed E-state index contributed by atoms with van der Waals surface area (Å²) in [6, 6.07) is 0. The van der Waals surface area contributed by atoms with E-state index in [1.165, 1.54) is 77.0 Å². The van der Waals surface area contributed by atoms with Gasteiger partial charge in [0, 0.05) is 6.42 Å². The quantitative estimate of drug-likeness (QED) is 0.141. The number of hydrogen-bond acceptors (Lipinski definition) is 4. The van der Waals surface area contributed by atoms with Gasteiger partial charge in [0.05, 0.1) is 5.71 Å². The van der Waals surface area contributed by atoms with Crippen LogP contribution < -0.4 is 0 Å². The summed E-state index contributed by atoms with van der Waals surface area (Å²) in [7, 11) is 0. The summed E-state index contributed by atoms with van der Waals surface area (Å²) in [5.74, 6) is 0.00605. The molecule has 0 heterocycles. The molecule has 0 aliphatic heterocycles. The van der Waals surface area contributed by atoms with Gasteiger partial charge in [-0.15, -0.1) is 0 Å². The van der Waals surface area contributed by atoms with Crippen LogP contribution in [0.5, 0.6) is 0 Å². The highest BCUT2D eigenvalue weighted by atomic mass is 16.5. The van der Waals surface area contributed by atoms with Crippen LogP contribution in [0.2, 0.25) is 0 Å². The van der Waals surface area contributed by atoms with E-state index in [-0.39, 0.29) is 11.5 Å². The van der Waals surface area contributed by atoms with Crippen molar-refractivity contribution in [3.8, 4) is 0 Å². The molecule has 0 saturated carbocycles. The van der Waals surface area contributed by atoms with E-state index in [1.807, 2.05) is 0 Å². The third-order valence-corrected chi connectivity index (χ3v) is 5.03. The predicted molar refractivity (Wildman–Crippen MR) is 110 cm³/mol. The Kier molecular flexibility index (Phi) is 18.5. The molecular formula is C22H43NO3. The van der Waals surface area contributed by atoms with Crippen molar-refractivity contribution in [1.29, 1.82) is 5.41 Å². The fraction of sp³-hybridized carbons (Fsp3) is 0.909. The highest BCUT2D eigenvalue weighted by molar-refractivity contribution is 6.37. The third kappa shape index (κ3) is 19.6. The van der Waals surface area contributed by atoms with Gasteiger partial charge in [0.1, 0.15) is 0 Å². The van der Waals surface area contributed by atoms with Gasteiger partial charge in [-0.2, -0.15) is 0 Å². The van der Waals surface area contributed by atoms with Crippen LogP contribution in [0.1, 0.15) is 122 Å². The number of unbranched alkanes of at least 4 members (excludes halogenated alkanes) is 15. The van der Waals surface area contributed by atoms with Gasteiger partial charge < -0.3 is 15.6 Å². The van der Waals surface area contributed by atoms with Crippen LogP contribution in [0.3, 0.4) is 0 Å². The first-order valence-electron chi connectivity index (χ1n) is 11.0. The van der Waals surface area contributed by atoms with E-state index in [9.17, 15) is 4.79 Å². The molecule has 0 spiro atoms. The van der Waals surface area contributed by atoms with Gasteiger partial charge in [-0.05, 0) is 26.2 Å². The predicted octanol–water partition coefficient (Wildman–Crippen LogP) is 5.93. The molecule has 0 unspecified atom stereocenters. The number of Topliss-reactive ketones (excluding diaryl/α,β-unsaturated/α-hetero) is 1. The molecule has 26 heavy (non-hydrogen) atoms. The topological polar surface area (TPSA) is 81.4 Å². The maximum Gasteiger partial charge on any atom is 0.176 e. The second-order valence-electron chi connectivity index (χ2n) is 7.72. The Morgan fingerprint density at radius 1 is 0.654 bits per heavy atom. The van der Waals surface area contributed by atoms with E-state index in [4.69, 9.17) is 15.6 Å². The number of ketones is 1. The maximum atomic E-state index is 11.3. The van der Waals surface area contributed by atoms with Crippen molar-refractivity contribution in [2.75, 3.05) is 0 Å². The Labute approximate surface area is 161 Å². The van der Waals surface area contributed by atoms with E-state index in [0.29, 0.717) is 12.8 Å². The van der Waals surface area contributed by atoms with E-state index in [1.54, 1.807) is 6.92 Å². The Morgan fingerprint density at radius 3 is 1.27 bits per heavy atom. The molecule has 0 atom stereocenters. The van der Waals surface area contributed by atoms with Gasteiger partial charge in [0.15, 0.2) is 12.1 Å². The van der Waals surface area contributed by atoms with E-state index < -0.39 is 6.29 Å². The van der Waals surface area contributed by atoms with Gasteiger partial charge >= 0.3 is 0 Å². The summed E-state index contributed by atoms with van der Waals surface area (Å²) in [5.41, 5.74) is 0.198. The summed E-state index contributed by atoms with van der Waals surface area (Å²) in [5, 5.41) is 24.7. The Balaban J connectivity index is 3.07. The van der Waals surface area contributed by atoms with Gasteiger partial charge in [0.2, 0.25) is 0 Å². The van der Waals surface area contributed by atoms with Crippen molar-refractivity contribution in [2.24, 2.45) is 0 Å². The van der Waals surface area contributed by atoms with Gasteiger partial charge in [0.25, 0.3) is 0 Å². The molecule has 4 heteroatoms. The maximum absolute atomic E-state index is 11.3. The van der Waals surface area contributed by atoms with Gasteiger partial charge in [-0.25, -0.2) is 0 Å². The zero-order valence-corrected chi connectivity index (χ0v) is 17.1. The molecule has 4 nitrogen and oxygen atoms in total. The molecule has 0 saturated heterocycles. The monoisotopic (exact) mass is 369 g/mol. The first-order valence-corrected chi connectivity index (χ1v) is 11.0. The number of carbonyl (C=O) groups excluding carboxylic acids is 1. The smallest absolute Gasteiger partial charge is 0.176 e. The molecule has 0 radical (unpaired) electrons. The first kappa shape index (κ1) is 25.3. The van der Waals surface area contributed by atoms with Crippen molar-refractivity contribution >= 4 is 11.5 Å². The number of aliphatic hydroxyl groups excluding tert-OH is 1. The number of aliphatic hydroxyl groups is 2. The minimum atomic E-state index is -1.12. The van der Waals surface area contributed by atoms with Crippen molar-refractivity contribution in [1.82, 2.24) is 0 Å². The van der Waals surface area contributed by atoms with Crippen LogP contribution in [-0.4, -0.2) is 28.0 Å². The molecule has 154 valence electrons. The molecule has 0 fully saturated rings. The highest BCUT2D eigenvalue weighted by Gasteiger charge is 2.03. The van der Waals surface area contributed by atoms with Crippen molar-refractivity contribution < 1.29 is 15.0 Å². The molecule has 0 amide bonds. The molecule has 0 bridgehead atoms. The fourth-order valence-corrected chi connectivity index (χ4v) is 3.27. The average Bonchev–Trinajstić information content (AvgIpc) is 2.60. The number of hydrogen-bond donors (Lipinski definition) is 3. The SMILES string of the molecule is CC(=N)C(=O)CCCCCCCCCCCCCCCCCCC(O)O. The molecule has 0 aromatic heterocycles. The zero-order valence-electron chi connectivity index (χ0n) is 17.1. The molecule has 0 aromatic rings. The van der Waals surface area contributed by atoms with Crippen LogP contribution >= 0.6 is 0 Å². The second-order valence-corrected chi connectivity index (χ2v) is 7.72. The van der Waals surface area contributed by atoms with Crippen LogP contribution in [0.15, 0.2) is 0 Å². The van der Waals surface area contributed by atoms with Crippen LogP contribution in [0.25, 0.3) is 0 Å². The summed E-state index contributed by atoms with van der Waals surface area (Å²) in [6.07, 6.45) is 19.9. The van der Waals surface area contributed by atoms with E-state index >= 15 is 0 Å². The molecule has 0 aromatic carbocycles.